The van der Waals surface area contributed by atoms with Gasteiger partial charge in [0.05, 0.1) is 16.0 Å². The van der Waals surface area contributed by atoms with Gasteiger partial charge < -0.3 is 5.32 Å². The molecule has 2 aromatic rings. The molecule has 0 saturated carbocycles. The molecule has 2 rings (SSSR count). The van der Waals surface area contributed by atoms with Crippen molar-refractivity contribution in [3.8, 4) is 0 Å². The molecule has 0 heterocycles. The zero-order valence-electron chi connectivity index (χ0n) is 13.7. The number of aryl methyl sites for hydroxylation is 1. The standard InChI is InChI=1S/C17H16Cl2FNO3S/c1-9-4-5-11(6-16(9)25(3,23)24)17(22)21-10(2)12-7-15(20)14(19)8-13(12)18/h4-8,10H,1-3H3,(H,21,22). The minimum atomic E-state index is -3.45. The van der Waals surface area contributed by atoms with Gasteiger partial charge in [-0.3, -0.25) is 4.79 Å². The SMILES string of the molecule is Cc1ccc(C(=O)NC(C)c2cc(F)c(Cl)cc2Cl)cc1S(C)(=O)=O. The fourth-order valence-electron chi connectivity index (χ4n) is 2.37. The summed E-state index contributed by atoms with van der Waals surface area (Å²) in [4.78, 5) is 12.5. The highest BCUT2D eigenvalue weighted by Crippen LogP contribution is 2.29. The number of sulfone groups is 1. The molecule has 4 nitrogen and oxygen atoms in total. The maximum atomic E-state index is 13.6. The second kappa shape index (κ2) is 7.32. The number of carbonyl (C=O) groups is 1. The maximum Gasteiger partial charge on any atom is 0.251 e. The van der Waals surface area contributed by atoms with Crippen LogP contribution in [0.15, 0.2) is 35.2 Å². The number of hydrogen-bond acceptors (Lipinski definition) is 3. The minimum Gasteiger partial charge on any atom is -0.345 e. The van der Waals surface area contributed by atoms with E-state index in [1.165, 1.54) is 18.2 Å². The van der Waals surface area contributed by atoms with Crippen LogP contribution in [0.2, 0.25) is 10.0 Å². The van der Waals surface area contributed by atoms with Crippen molar-refractivity contribution in [3.63, 3.8) is 0 Å². The number of amides is 1. The van der Waals surface area contributed by atoms with Crippen LogP contribution in [0.3, 0.4) is 0 Å². The predicted octanol–water partition coefficient (Wildman–Crippen LogP) is 4.34. The molecule has 2 aromatic carbocycles. The molecule has 0 fully saturated rings. The van der Waals surface area contributed by atoms with Crippen molar-refractivity contribution in [2.45, 2.75) is 24.8 Å². The van der Waals surface area contributed by atoms with Gasteiger partial charge in [0.1, 0.15) is 5.82 Å². The first-order valence-corrected chi connectivity index (χ1v) is 9.91. The Morgan fingerprint density at radius 1 is 1.16 bits per heavy atom. The van der Waals surface area contributed by atoms with Gasteiger partial charge in [-0.25, -0.2) is 12.8 Å². The van der Waals surface area contributed by atoms with Crippen LogP contribution in [0.1, 0.15) is 34.5 Å². The molecule has 1 amide bonds. The first kappa shape index (κ1) is 19.7. The number of carbonyl (C=O) groups excluding carboxylic acids is 1. The Labute approximate surface area is 155 Å². The highest BCUT2D eigenvalue weighted by molar-refractivity contribution is 7.90. The van der Waals surface area contributed by atoms with E-state index in [9.17, 15) is 17.6 Å². The molecule has 134 valence electrons. The summed E-state index contributed by atoms with van der Waals surface area (Å²) in [6.45, 7) is 3.29. The predicted molar refractivity (Wildman–Crippen MR) is 96.6 cm³/mol. The molecule has 0 aliphatic carbocycles. The summed E-state index contributed by atoms with van der Waals surface area (Å²) in [6.07, 6.45) is 1.08. The van der Waals surface area contributed by atoms with Gasteiger partial charge in [-0.15, -0.1) is 0 Å². The molecule has 0 aliphatic rings. The highest BCUT2D eigenvalue weighted by atomic mass is 35.5. The molecule has 0 spiro atoms. The van der Waals surface area contributed by atoms with Crippen molar-refractivity contribution >= 4 is 38.9 Å². The van der Waals surface area contributed by atoms with Gasteiger partial charge in [-0.05, 0) is 49.2 Å². The number of benzene rings is 2. The third-order valence-corrected chi connectivity index (χ3v) is 5.56. The summed E-state index contributed by atoms with van der Waals surface area (Å²) in [6, 6.07) is 6.23. The minimum absolute atomic E-state index is 0.0865. The number of rotatable bonds is 4. The summed E-state index contributed by atoms with van der Waals surface area (Å²) in [5, 5.41) is 2.78. The van der Waals surface area contributed by atoms with Crippen LogP contribution < -0.4 is 5.32 Å². The summed E-state index contributed by atoms with van der Waals surface area (Å²) >= 11 is 11.7. The second-order valence-corrected chi connectivity index (χ2v) is 8.53. The maximum absolute atomic E-state index is 13.6. The van der Waals surface area contributed by atoms with E-state index in [4.69, 9.17) is 23.2 Å². The average molecular weight is 404 g/mol. The summed E-state index contributed by atoms with van der Waals surface area (Å²) in [5.74, 6) is -1.14. The van der Waals surface area contributed by atoms with Gasteiger partial charge in [0.25, 0.3) is 5.91 Å². The van der Waals surface area contributed by atoms with Gasteiger partial charge in [0, 0.05) is 16.8 Å². The van der Waals surface area contributed by atoms with Gasteiger partial charge in [0.15, 0.2) is 9.84 Å². The van der Waals surface area contributed by atoms with E-state index in [0.717, 1.165) is 12.3 Å². The van der Waals surface area contributed by atoms with Gasteiger partial charge in [0.2, 0.25) is 0 Å². The van der Waals surface area contributed by atoms with Crippen molar-refractivity contribution in [1.82, 2.24) is 5.32 Å². The Morgan fingerprint density at radius 3 is 2.40 bits per heavy atom. The number of halogens is 3. The first-order chi connectivity index (χ1) is 11.5. The summed E-state index contributed by atoms with van der Waals surface area (Å²) in [7, 11) is -3.45. The fourth-order valence-corrected chi connectivity index (χ4v) is 3.91. The lowest BCUT2D eigenvalue weighted by Crippen LogP contribution is -2.27. The highest BCUT2D eigenvalue weighted by Gasteiger charge is 2.18. The van der Waals surface area contributed by atoms with E-state index < -0.39 is 27.6 Å². The summed E-state index contributed by atoms with van der Waals surface area (Å²) < 4.78 is 37.2. The topological polar surface area (TPSA) is 63.2 Å². The Balaban J connectivity index is 2.30. The monoisotopic (exact) mass is 403 g/mol. The lowest BCUT2D eigenvalue weighted by atomic mass is 10.1. The second-order valence-electron chi connectivity index (χ2n) is 5.74. The summed E-state index contributed by atoms with van der Waals surface area (Å²) in [5.41, 5.74) is 1.10. The quantitative estimate of drug-likeness (QED) is 0.772. The van der Waals surface area contributed by atoms with Gasteiger partial charge in [-0.1, -0.05) is 29.3 Å². The average Bonchev–Trinajstić information content (AvgIpc) is 2.49. The molecule has 25 heavy (non-hydrogen) atoms. The Kier molecular flexibility index (Phi) is 5.76. The molecule has 0 aliphatic heterocycles. The molecular weight excluding hydrogens is 388 g/mol. The van der Waals surface area contributed by atoms with Gasteiger partial charge >= 0.3 is 0 Å². The van der Waals surface area contributed by atoms with E-state index in [-0.39, 0.29) is 20.5 Å². The lowest BCUT2D eigenvalue weighted by Gasteiger charge is -2.17. The third-order valence-electron chi connectivity index (χ3n) is 3.70. The van der Waals surface area contributed by atoms with Crippen LogP contribution in [0.4, 0.5) is 4.39 Å². The Bertz CT molecular complexity index is 945. The van der Waals surface area contributed by atoms with Crippen LogP contribution in [0, 0.1) is 12.7 Å². The molecule has 0 aromatic heterocycles. The lowest BCUT2D eigenvalue weighted by molar-refractivity contribution is 0.0939. The molecule has 0 bridgehead atoms. The fraction of sp³-hybridized carbons (Fsp3) is 0.235. The van der Waals surface area contributed by atoms with Crippen LogP contribution in [0.5, 0.6) is 0 Å². The molecule has 1 N–H and O–H groups in total. The van der Waals surface area contributed by atoms with E-state index in [0.29, 0.717) is 11.1 Å². The van der Waals surface area contributed by atoms with E-state index in [1.807, 2.05) is 0 Å². The van der Waals surface area contributed by atoms with Crippen molar-refractivity contribution < 1.29 is 17.6 Å². The zero-order chi connectivity index (χ0) is 18.9. The first-order valence-electron chi connectivity index (χ1n) is 7.26. The normalized spacial score (nSPS) is 12.7. The molecule has 1 unspecified atom stereocenters. The van der Waals surface area contributed by atoms with Crippen LogP contribution in [0.25, 0.3) is 0 Å². The Hall–Kier alpha value is -1.63. The molecule has 0 radical (unpaired) electrons. The van der Waals surface area contributed by atoms with Crippen LogP contribution in [-0.2, 0) is 9.84 Å². The molecule has 1 atom stereocenters. The van der Waals surface area contributed by atoms with Crippen molar-refractivity contribution in [2.75, 3.05) is 6.26 Å². The van der Waals surface area contributed by atoms with Crippen LogP contribution >= 0.6 is 23.2 Å². The third kappa shape index (κ3) is 4.51. The van der Waals surface area contributed by atoms with Gasteiger partial charge in [-0.2, -0.15) is 0 Å². The zero-order valence-corrected chi connectivity index (χ0v) is 16.1. The Morgan fingerprint density at radius 2 is 1.80 bits per heavy atom. The molecular formula is C17H16Cl2FNO3S. The molecule has 0 saturated heterocycles. The van der Waals surface area contributed by atoms with Crippen molar-refractivity contribution in [1.29, 1.82) is 0 Å². The van der Waals surface area contributed by atoms with Crippen molar-refractivity contribution in [2.24, 2.45) is 0 Å². The van der Waals surface area contributed by atoms with E-state index in [2.05, 4.69) is 5.32 Å². The smallest absolute Gasteiger partial charge is 0.251 e. The number of hydrogen-bond donors (Lipinski definition) is 1. The number of nitrogens with one attached hydrogen (secondary N) is 1. The van der Waals surface area contributed by atoms with E-state index in [1.54, 1.807) is 19.9 Å². The molecule has 8 heteroatoms. The van der Waals surface area contributed by atoms with E-state index >= 15 is 0 Å². The van der Waals surface area contributed by atoms with Crippen LogP contribution in [-0.4, -0.2) is 20.6 Å². The van der Waals surface area contributed by atoms with Crippen molar-refractivity contribution in [3.05, 3.63) is 62.9 Å². The largest absolute Gasteiger partial charge is 0.345 e.